The van der Waals surface area contributed by atoms with Crippen molar-refractivity contribution in [2.24, 2.45) is 17.6 Å². The van der Waals surface area contributed by atoms with Crippen molar-refractivity contribution < 1.29 is 14.0 Å². The normalized spacial score (nSPS) is 34.1. The average molecular weight is 480 g/mol. The number of hydrogen-bond acceptors (Lipinski definition) is 5. The lowest BCUT2D eigenvalue weighted by molar-refractivity contribution is -0.143. The Balaban J connectivity index is 1.16. The zero-order valence-corrected chi connectivity index (χ0v) is 20.1. The molecule has 2 N–H and O–H groups in total. The van der Waals surface area contributed by atoms with E-state index in [1.54, 1.807) is 4.90 Å². The predicted octanol–water partition coefficient (Wildman–Crippen LogP) is 2.57. The van der Waals surface area contributed by atoms with E-state index in [1.807, 2.05) is 12.1 Å². The molecule has 0 aromatic heterocycles. The molecular formula is C27H34FN5O2. The molecule has 0 radical (unpaired) electrons. The number of fused-ring (bicyclic) bond motifs is 3. The van der Waals surface area contributed by atoms with Crippen molar-refractivity contribution in [1.82, 2.24) is 14.7 Å². The zero-order chi connectivity index (χ0) is 24.3. The van der Waals surface area contributed by atoms with Gasteiger partial charge in [0.2, 0.25) is 11.8 Å². The quantitative estimate of drug-likeness (QED) is 0.677. The molecule has 1 aromatic rings. The predicted molar refractivity (Wildman–Crippen MR) is 127 cm³/mol. The van der Waals surface area contributed by atoms with Gasteiger partial charge in [-0.25, -0.2) is 4.39 Å². The Morgan fingerprint density at radius 3 is 2.57 bits per heavy atom. The summed E-state index contributed by atoms with van der Waals surface area (Å²) >= 11 is 0. The maximum atomic E-state index is 13.7. The summed E-state index contributed by atoms with van der Waals surface area (Å²) in [6.07, 6.45) is 8.23. The van der Waals surface area contributed by atoms with Crippen LogP contribution in [0.25, 0.3) is 0 Å². The average Bonchev–Trinajstić information content (AvgIpc) is 3.19. The molecule has 35 heavy (non-hydrogen) atoms. The Hall–Kier alpha value is -2.50. The highest BCUT2D eigenvalue weighted by Crippen LogP contribution is 2.48. The van der Waals surface area contributed by atoms with Crippen LogP contribution in [0.3, 0.4) is 0 Å². The Morgan fingerprint density at radius 1 is 1.14 bits per heavy atom. The molecular weight excluding hydrogens is 445 g/mol. The van der Waals surface area contributed by atoms with Gasteiger partial charge in [0, 0.05) is 25.2 Å². The molecule has 2 saturated carbocycles. The highest BCUT2D eigenvalue weighted by molar-refractivity contribution is 5.87. The van der Waals surface area contributed by atoms with Gasteiger partial charge in [0.15, 0.2) is 0 Å². The maximum absolute atomic E-state index is 13.7. The molecule has 3 heterocycles. The van der Waals surface area contributed by atoms with Gasteiger partial charge in [-0.15, -0.1) is 0 Å². The van der Waals surface area contributed by atoms with Gasteiger partial charge in [0.1, 0.15) is 11.9 Å². The molecule has 2 bridgehead atoms. The monoisotopic (exact) mass is 479 g/mol. The van der Waals surface area contributed by atoms with Crippen molar-refractivity contribution in [1.29, 1.82) is 5.26 Å². The number of amides is 2. The van der Waals surface area contributed by atoms with Crippen LogP contribution in [0.5, 0.6) is 0 Å². The summed E-state index contributed by atoms with van der Waals surface area (Å²) in [7, 11) is 0. The molecule has 7 atom stereocenters. The number of hydrogen-bond donors (Lipinski definition) is 1. The van der Waals surface area contributed by atoms with Crippen LogP contribution in [0, 0.1) is 29.0 Å². The van der Waals surface area contributed by atoms with Crippen molar-refractivity contribution in [3.8, 4) is 6.07 Å². The van der Waals surface area contributed by atoms with E-state index in [4.69, 9.17) is 5.73 Å². The van der Waals surface area contributed by atoms with Crippen molar-refractivity contribution >= 4 is 11.8 Å². The Kier molecular flexibility index (Phi) is 5.81. The van der Waals surface area contributed by atoms with E-state index in [9.17, 15) is 19.2 Å². The SMILES string of the molecule is N#CC1C[C@@H]2C[C@@H]2N1C(=O)C(N)CN1CC2C[C@H]1C(=O)N2[C@H](c1ccc(F)cc1)C1CCCCC1. The first-order valence-electron chi connectivity index (χ1n) is 13.3. The van der Waals surface area contributed by atoms with Crippen LogP contribution in [0.15, 0.2) is 24.3 Å². The molecule has 3 aliphatic heterocycles. The standard InChI is InChI=1S/C27H34FN5O2/c28-19-8-6-17(7-9-19)25(16-4-2-1-3-5-16)33-21-12-24(27(33)35)31(14-21)15-22(30)26(34)32-20(13-29)10-18-11-23(18)32/h6-9,16,18,20-25H,1-5,10-12,14-15,30H2/t18-,20?,21?,22?,23+,24+,25+/m1/s1. The smallest absolute Gasteiger partial charge is 0.242 e. The van der Waals surface area contributed by atoms with Gasteiger partial charge < -0.3 is 15.5 Å². The van der Waals surface area contributed by atoms with Gasteiger partial charge in [-0.1, -0.05) is 31.4 Å². The highest BCUT2D eigenvalue weighted by atomic mass is 19.1. The number of likely N-dealkylation sites (tertiary alicyclic amines) is 3. The van der Waals surface area contributed by atoms with Crippen LogP contribution in [0.4, 0.5) is 4.39 Å². The minimum Gasteiger partial charge on any atom is -0.330 e. The van der Waals surface area contributed by atoms with Crippen molar-refractivity contribution in [3.05, 3.63) is 35.6 Å². The van der Waals surface area contributed by atoms with Crippen molar-refractivity contribution in [2.45, 2.75) is 87.6 Å². The van der Waals surface area contributed by atoms with Gasteiger partial charge in [-0.2, -0.15) is 5.26 Å². The Labute approximate surface area is 206 Å². The van der Waals surface area contributed by atoms with Gasteiger partial charge in [0.05, 0.1) is 24.2 Å². The van der Waals surface area contributed by atoms with Crippen LogP contribution < -0.4 is 5.73 Å². The first-order valence-corrected chi connectivity index (χ1v) is 13.3. The summed E-state index contributed by atoms with van der Waals surface area (Å²) in [6, 6.07) is 7.82. The van der Waals surface area contributed by atoms with E-state index < -0.39 is 6.04 Å². The van der Waals surface area contributed by atoms with E-state index in [0.717, 1.165) is 37.7 Å². The molecule has 5 aliphatic rings. The van der Waals surface area contributed by atoms with E-state index in [2.05, 4.69) is 15.9 Å². The molecule has 0 spiro atoms. The lowest BCUT2D eigenvalue weighted by Crippen LogP contribution is -2.57. The summed E-state index contributed by atoms with van der Waals surface area (Å²) in [5, 5.41) is 9.44. The first-order chi connectivity index (χ1) is 17.0. The lowest BCUT2D eigenvalue weighted by Gasteiger charge is -2.43. The highest BCUT2D eigenvalue weighted by Gasteiger charge is 2.56. The third-order valence-corrected chi connectivity index (χ3v) is 9.18. The summed E-state index contributed by atoms with van der Waals surface area (Å²) < 4.78 is 13.7. The number of piperazine rings is 1. The number of nitrogens with zero attached hydrogens (tertiary/aromatic N) is 4. The Morgan fingerprint density at radius 2 is 1.89 bits per heavy atom. The summed E-state index contributed by atoms with van der Waals surface area (Å²) in [4.78, 5) is 32.7. The molecule has 2 amide bonds. The minimum atomic E-state index is -0.725. The summed E-state index contributed by atoms with van der Waals surface area (Å²) in [6.45, 7) is 1.05. The van der Waals surface area contributed by atoms with Gasteiger partial charge in [0.25, 0.3) is 0 Å². The molecule has 3 unspecified atom stereocenters. The number of carbonyl (C=O) groups excluding carboxylic acids is 2. The second-order valence-electron chi connectivity index (χ2n) is 11.3. The molecule has 5 fully saturated rings. The van der Waals surface area contributed by atoms with Crippen LogP contribution >= 0.6 is 0 Å². The van der Waals surface area contributed by atoms with Crippen molar-refractivity contribution in [2.75, 3.05) is 13.1 Å². The number of benzene rings is 1. The number of piperidine rings is 1. The molecule has 1 aromatic carbocycles. The maximum Gasteiger partial charge on any atom is 0.242 e. The fourth-order valence-electron chi connectivity index (χ4n) is 7.44. The first kappa shape index (κ1) is 22.9. The fourth-order valence-corrected chi connectivity index (χ4v) is 7.44. The van der Waals surface area contributed by atoms with E-state index >= 15 is 0 Å². The van der Waals surface area contributed by atoms with E-state index in [1.165, 1.54) is 31.4 Å². The molecule has 6 rings (SSSR count). The molecule has 8 heteroatoms. The number of nitrogens with two attached hydrogens (primary N) is 1. The second kappa shape index (κ2) is 8.86. The minimum absolute atomic E-state index is 0.0244. The number of carbonyl (C=O) groups is 2. The summed E-state index contributed by atoms with van der Waals surface area (Å²) in [5.74, 6) is 0.542. The van der Waals surface area contributed by atoms with E-state index in [0.29, 0.717) is 24.9 Å². The Bertz CT molecular complexity index is 1040. The van der Waals surface area contributed by atoms with E-state index in [-0.39, 0.29) is 47.8 Å². The molecule has 3 saturated heterocycles. The number of halogens is 1. The van der Waals surface area contributed by atoms with Gasteiger partial charge in [-0.05, 0) is 61.6 Å². The molecule has 2 aliphatic carbocycles. The molecule has 186 valence electrons. The topological polar surface area (TPSA) is 93.7 Å². The fraction of sp³-hybridized carbons (Fsp3) is 0.667. The van der Waals surface area contributed by atoms with Crippen LogP contribution in [-0.2, 0) is 9.59 Å². The number of rotatable bonds is 6. The number of nitriles is 1. The summed E-state index contributed by atoms with van der Waals surface area (Å²) in [5.41, 5.74) is 7.39. The lowest BCUT2D eigenvalue weighted by atomic mass is 9.80. The van der Waals surface area contributed by atoms with Crippen LogP contribution in [0.2, 0.25) is 0 Å². The third kappa shape index (κ3) is 3.93. The van der Waals surface area contributed by atoms with Gasteiger partial charge in [-0.3, -0.25) is 14.5 Å². The molecule has 7 nitrogen and oxygen atoms in total. The largest absolute Gasteiger partial charge is 0.330 e. The zero-order valence-electron chi connectivity index (χ0n) is 20.1. The van der Waals surface area contributed by atoms with Gasteiger partial charge >= 0.3 is 0 Å². The van der Waals surface area contributed by atoms with Crippen LogP contribution in [0.1, 0.15) is 63.0 Å². The van der Waals surface area contributed by atoms with Crippen molar-refractivity contribution in [3.63, 3.8) is 0 Å². The third-order valence-electron chi connectivity index (χ3n) is 9.18. The van der Waals surface area contributed by atoms with Crippen LogP contribution in [-0.4, -0.2) is 69.8 Å². The second-order valence-corrected chi connectivity index (χ2v) is 11.3.